The first-order valence-corrected chi connectivity index (χ1v) is 8.45. The van der Waals surface area contributed by atoms with Crippen molar-refractivity contribution in [2.45, 2.75) is 51.4 Å². The third-order valence-corrected chi connectivity index (χ3v) is 5.04. The van der Waals surface area contributed by atoms with E-state index in [1.165, 1.54) is 24.3 Å². The van der Waals surface area contributed by atoms with E-state index in [1.54, 1.807) is 11.0 Å². The summed E-state index contributed by atoms with van der Waals surface area (Å²) >= 11 is 0. The van der Waals surface area contributed by atoms with Crippen molar-refractivity contribution in [3.05, 3.63) is 58.9 Å². The molecule has 0 amide bonds. The monoisotopic (exact) mass is 367 g/mol. The van der Waals surface area contributed by atoms with Gasteiger partial charge < -0.3 is 10.0 Å². The van der Waals surface area contributed by atoms with E-state index >= 15 is 0 Å². The van der Waals surface area contributed by atoms with Gasteiger partial charge in [-0.25, -0.2) is 4.39 Å². The molecule has 0 aliphatic carbocycles. The van der Waals surface area contributed by atoms with Crippen molar-refractivity contribution in [3.8, 4) is 0 Å². The number of nitrogens with zero attached hydrogens (tertiary/aromatic N) is 1. The van der Waals surface area contributed by atoms with Crippen molar-refractivity contribution in [1.82, 2.24) is 0 Å². The van der Waals surface area contributed by atoms with E-state index in [0.29, 0.717) is 17.7 Å². The van der Waals surface area contributed by atoms with Crippen molar-refractivity contribution in [3.63, 3.8) is 0 Å². The zero-order chi connectivity index (χ0) is 19.3. The number of para-hydroxylation sites is 1. The number of fused-ring (bicyclic) bond motifs is 1. The number of hydrogen-bond donors (Lipinski definition) is 1. The molecule has 3 rings (SSSR count). The Hall–Kier alpha value is -2.08. The summed E-state index contributed by atoms with van der Waals surface area (Å²) in [4.78, 5) is 1.61. The first kappa shape index (κ1) is 18.7. The normalized spacial score (nSPS) is 19.4. The van der Waals surface area contributed by atoms with Gasteiger partial charge in [-0.3, -0.25) is 0 Å². The van der Waals surface area contributed by atoms with Crippen LogP contribution in [-0.4, -0.2) is 11.1 Å². The first-order valence-electron chi connectivity index (χ1n) is 8.45. The molecule has 0 spiro atoms. The van der Waals surface area contributed by atoms with E-state index in [9.17, 15) is 22.7 Å². The van der Waals surface area contributed by atoms with Crippen molar-refractivity contribution >= 4 is 11.4 Å². The molecule has 2 nitrogen and oxygen atoms in total. The lowest BCUT2D eigenvalue weighted by Gasteiger charge is -2.45. The van der Waals surface area contributed by atoms with E-state index < -0.39 is 29.6 Å². The molecule has 1 aliphatic heterocycles. The molecule has 0 saturated heterocycles. The van der Waals surface area contributed by atoms with Crippen molar-refractivity contribution in [2.24, 2.45) is 0 Å². The van der Waals surface area contributed by atoms with Crippen LogP contribution in [-0.2, 0) is 18.2 Å². The van der Waals surface area contributed by atoms with Gasteiger partial charge in [-0.15, -0.1) is 0 Å². The predicted molar refractivity (Wildman–Crippen MR) is 93.0 cm³/mol. The fraction of sp³-hybridized carbons (Fsp3) is 0.400. The van der Waals surface area contributed by atoms with Crippen LogP contribution in [0, 0.1) is 5.82 Å². The zero-order valence-electron chi connectivity index (χ0n) is 14.9. The molecular weight excluding hydrogens is 346 g/mol. The van der Waals surface area contributed by atoms with Crippen LogP contribution in [0.15, 0.2) is 36.4 Å². The van der Waals surface area contributed by atoms with Gasteiger partial charge in [0.25, 0.3) is 0 Å². The molecule has 140 valence electrons. The average molecular weight is 367 g/mol. The molecule has 1 aliphatic rings. The fourth-order valence-electron chi connectivity index (χ4n) is 3.94. The van der Waals surface area contributed by atoms with E-state index in [2.05, 4.69) is 0 Å². The van der Waals surface area contributed by atoms with Gasteiger partial charge >= 0.3 is 6.18 Å². The number of aliphatic hydroxyl groups is 1. The summed E-state index contributed by atoms with van der Waals surface area (Å²) in [7, 11) is 0. The molecule has 0 saturated carbocycles. The number of aliphatic hydroxyl groups excluding tert-OH is 1. The predicted octanol–water partition coefficient (Wildman–Crippen LogP) is 5.54. The molecule has 2 aromatic carbocycles. The minimum Gasteiger partial charge on any atom is -0.392 e. The van der Waals surface area contributed by atoms with Gasteiger partial charge in [0.1, 0.15) is 5.82 Å². The number of hydrogen-bond acceptors (Lipinski definition) is 2. The van der Waals surface area contributed by atoms with Crippen molar-refractivity contribution < 1.29 is 22.7 Å². The Morgan fingerprint density at radius 3 is 2.42 bits per heavy atom. The highest BCUT2D eigenvalue weighted by Crippen LogP contribution is 2.49. The molecule has 2 aromatic rings. The van der Waals surface area contributed by atoms with Gasteiger partial charge in [0.05, 0.1) is 17.9 Å². The number of anilines is 2. The molecule has 0 radical (unpaired) electrons. The van der Waals surface area contributed by atoms with E-state index in [0.717, 1.165) is 6.07 Å². The van der Waals surface area contributed by atoms with E-state index in [1.807, 2.05) is 20.8 Å². The smallest absolute Gasteiger partial charge is 0.392 e. The molecule has 1 N–H and O–H groups in total. The Morgan fingerprint density at radius 2 is 1.81 bits per heavy atom. The van der Waals surface area contributed by atoms with Gasteiger partial charge in [0, 0.05) is 17.3 Å². The quantitative estimate of drug-likeness (QED) is 0.704. The van der Waals surface area contributed by atoms with Gasteiger partial charge in [-0.05, 0) is 48.6 Å². The lowest BCUT2D eigenvalue weighted by molar-refractivity contribution is -0.137. The Kier molecular flexibility index (Phi) is 4.51. The molecule has 26 heavy (non-hydrogen) atoms. The molecule has 1 unspecified atom stereocenters. The van der Waals surface area contributed by atoms with Crippen LogP contribution >= 0.6 is 0 Å². The Bertz CT molecular complexity index is 829. The van der Waals surface area contributed by atoms with Crippen LogP contribution in [0.5, 0.6) is 0 Å². The van der Waals surface area contributed by atoms with Crippen molar-refractivity contribution in [1.29, 1.82) is 0 Å². The first-order chi connectivity index (χ1) is 12.1. The second-order valence-corrected chi connectivity index (χ2v) is 7.44. The average Bonchev–Trinajstić information content (AvgIpc) is 2.54. The summed E-state index contributed by atoms with van der Waals surface area (Å²) in [5.41, 5.74) is 0.140. The SMILES string of the molecule is CC1CC(C)(C)c2cc(F)c(CO)cc2N1c1ccccc1C(F)(F)F. The maximum atomic E-state index is 14.3. The molecule has 0 fully saturated rings. The number of halogens is 4. The van der Waals surface area contributed by atoms with Gasteiger partial charge in [0.2, 0.25) is 0 Å². The highest BCUT2D eigenvalue weighted by molar-refractivity contribution is 5.73. The maximum absolute atomic E-state index is 14.3. The second-order valence-electron chi connectivity index (χ2n) is 7.44. The van der Waals surface area contributed by atoms with Crippen LogP contribution in [0.2, 0.25) is 0 Å². The van der Waals surface area contributed by atoms with Crippen LogP contribution in [0.4, 0.5) is 28.9 Å². The molecule has 0 bridgehead atoms. The third kappa shape index (κ3) is 3.07. The molecule has 0 aromatic heterocycles. The fourth-order valence-corrected chi connectivity index (χ4v) is 3.94. The topological polar surface area (TPSA) is 23.5 Å². The Balaban J connectivity index is 2.28. The highest BCUT2D eigenvalue weighted by Gasteiger charge is 2.41. The van der Waals surface area contributed by atoms with Gasteiger partial charge in [-0.2, -0.15) is 13.2 Å². The zero-order valence-corrected chi connectivity index (χ0v) is 14.9. The summed E-state index contributed by atoms with van der Waals surface area (Å²) in [6.07, 6.45) is -3.92. The maximum Gasteiger partial charge on any atom is 0.418 e. The minimum atomic E-state index is -4.50. The van der Waals surface area contributed by atoms with Crippen LogP contribution in [0.25, 0.3) is 0 Å². The van der Waals surface area contributed by atoms with Crippen molar-refractivity contribution in [2.75, 3.05) is 4.90 Å². The lowest BCUT2D eigenvalue weighted by Crippen LogP contribution is -2.42. The lowest BCUT2D eigenvalue weighted by atomic mass is 9.74. The molecule has 1 heterocycles. The largest absolute Gasteiger partial charge is 0.418 e. The highest BCUT2D eigenvalue weighted by atomic mass is 19.4. The number of rotatable bonds is 2. The molecular formula is C20H21F4NO. The van der Waals surface area contributed by atoms with Gasteiger partial charge in [-0.1, -0.05) is 26.0 Å². The van der Waals surface area contributed by atoms with E-state index in [-0.39, 0.29) is 17.3 Å². The summed E-state index contributed by atoms with van der Waals surface area (Å²) < 4.78 is 54.9. The van der Waals surface area contributed by atoms with E-state index in [4.69, 9.17) is 0 Å². The Morgan fingerprint density at radius 1 is 1.15 bits per heavy atom. The second kappa shape index (κ2) is 6.27. The van der Waals surface area contributed by atoms with Crippen LogP contribution in [0.3, 0.4) is 0 Å². The number of alkyl halides is 3. The minimum absolute atomic E-state index is 0.0414. The van der Waals surface area contributed by atoms with Crippen LogP contribution < -0.4 is 4.90 Å². The standard InChI is InChI=1S/C20H21F4NO/c1-12-10-19(2,3)15-9-16(21)13(11-26)8-18(15)25(12)17-7-5-4-6-14(17)20(22,23)24/h4-9,12,26H,10-11H2,1-3H3. The summed E-state index contributed by atoms with van der Waals surface area (Å²) in [5, 5.41) is 9.42. The summed E-state index contributed by atoms with van der Waals surface area (Å²) in [6.45, 7) is 5.25. The molecule has 1 atom stereocenters. The summed E-state index contributed by atoms with van der Waals surface area (Å²) in [6, 6.07) is 7.99. The Labute approximate surface area is 150 Å². The number of benzene rings is 2. The summed E-state index contributed by atoms with van der Waals surface area (Å²) in [5.74, 6) is -0.544. The van der Waals surface area contributed by atoms with Gasteiger partial charge in [0.15, 0.2) is 0 Å². The van der Waals surface area contributed by atoms with Crippen LogP contribution in [0.1, 0.15) is 43.9 Å². The molecule has 6 heteroatoms. The third-order valence-electron chi connectivity index (χ3n) is 5.04.